The van der Waals surface area contributed by atoms with Gasteiger partial charge < -0.3 is 4.90 Å². The van der Waals surface area contributed by atoms with Crippen LogP contribution in [0.15, 0.2) is 22.9 Å². The smallest absolute Gasteiger partial charge is 0.231 e. The van der Waals surface area contributed by atoms with Gasteiger partial charge in [-0.2, -0.15) is 0 Å². The minimum atomic E-state index is 0.242. The third-order valence-corrected chi connectivity index (χ3v) is 6.64. The zero-order chi connectivity index (χ0) is 17.0. The average molecular weight is 367 g/mol. The largest absolute Gasteiger partial charge is 0.312 e. The molecule has 2 aliphatic rings. The average Bonchev–Trinajstić information content (AvgIpc) is 3.30. The van der Waals surface area contributed by atoms with Crippen LogP contribution < -0.4 is 4.90 Å². The monoisotopic (exact) mass is 367 g/mol. The van der Waals surface area contributed by atoms with E-state index in [0.29, 0.717) is 6.42 Å². The number of aryl methyl sites for hydroxylation is 2. The SMILES string of the molecule is Cc1csc(Cc2nc(-c3cc4c5c(c3)CC(=O)N5CCC4)cs2)n1. The van der Waals surface area contributed by atoms with Crippen molar-refractivity contribution in [2.45, 2.75) is 32.6 Å². The summed E-state index contributed by atoms with van der Waals surface area (Å²) in [6, 6.07) is 4.39. The van der Waals surface area contributed by atoms with Crippen LogP contribution in [0, 0.1) is 6.92 Å². The summed E-state index contributed by atoms with van der Waals surface area (Å²) in [5, 5.41) is 6.42. The van der Waals surface area contributed by atoms with E-state index in [0.717, 1.165) is 52.8 Å². The number of aromatic nitrogens is 2. The van der Waals surface area contributed by atoms with Crippen molar-refractivity contribution in [2.24, 2.45) is 0 Å². The van der Waals surface area contributed by atoms with Crippen molar-refractivity contribution in [1.29, 1.82) is 0 Å². The topological polar surface area (TPSA) is 46.1 Å². The molecule has 0 N–H and O–H groups in total. The number of hydrogen-bond acceptors (Lipinski definition) is 5. The number of amides is 1. The number of anilines is 1. The van der Waals surface area contributed by atoms with Gasteiger partial charge in [0.1, 0.15) is 5.01 Å². The van der Waals surface area contributed by atoms with E-state index in [1.807, 2.05) is 11.8 Å². The molecule has 1 amide bonds. The quantitative estimate of drug-likeness (QED) is 0.703. The second kappa shape index (κ2) is 5.75. The first kappa shape index (κ1) is 15.2. The van der Waals surface area contributed by atoms with Gasteiger partial charge in [-0.05, 0) is 43.0 Å². The molecule has 2 aliphatic heterocycles. The Balaban J connectivity index is 1.49. The molecule has 3 aromatic rings. The lowest BCUT2D eigenvalue weighted by Gasteiger charge is -2.25. The molecule has 2 aromatic heterocycles. The van der Waals surface area contributed by atoms with Crippen molar-refractivity contribution in [3.8, 4) is 11.3 Å². The number of carbonyl (C=O) groups is 1. The highest BCUT2D eigenvalue weighted by molar-refractivity contribution is 7.11. The fraction of sp³-hybridized carbons (Fsp3) is 0.316. The summed E-state index contributed by atoms with van der Waals surface area (Å²) in [5.74, 6) is 0.242. The second-order valence-corrected chi connectivity index (χ2v) is 8.54. The molecule has 0 spiro atoms. The van der Waals surface area contributed by atoms with E-state index in [-0.39, 0.29) is 5.91 Å². The lowest BCUT2D eigenvalue weighted by molar-refractivity contribution is -0.117. The first-order chi connectivity index (χ1) is 12.2. The van der Waals surface area contributed by atoms with Gasteiger partial charge in [-0.25, -0.2) is 9.97 Å². The van der Waals surface area contributed by atoms with Crippen LogP contribution in [0.5, 0.6) is 0 Å². The standard InChI is InChI=1S/C19H17N3OS2/c1-11-9-24-16(20-11)8-17-21-15(10-25-17)13-5-12-3-2-4-22-18(23)7-14(6-13)19(12)22/h5-6,9-10H,2-4,7-8H2,1H3. The van der Waals surface area contributed by atoms with Gasteiger partial charge in [0, 0.05) is 28.6 Å². The summed E-state index contributed by atoms with van der Waals surface area (Å²) >= 11 is 3.38. The summed E-state index contributed by atoms with van der Waals surface area (Å²) in [6.07, 6.45) is 3.43. The number of thiazole rings is 2. The molecule has 0 saturated carbocycles. The van der Waals surface area contributed by atoms with Crippen molar-refractivity contribution < 1.29 is 4.79 Å². The van der Waals surface area contributed by atoms with Gasteiger partial charge in [0.2, 0.25) is 5.91 Å². The highest BCUT2D eigenvalue weighted by Gasteiger charge is 2.32. The van der Waals surface area contributed by atoms with E-state index >= 15 is 0 Å². The van der Waals surface area contributed by atoms with Gasteiger partial charge in [-0.3, -0.25) is 4.79 Å². The molecule has 1 aromatic carbocycles. The molecule has 0 bridgehead atoms. The third kappa shape index (κ3) is 2.60. The fourth-order valence-corrected chi connectivity index (χ4v) is 5.44. The maximum atomic E-state index is 12.2. The molecule has 5 rings (SSSR count). The Bertz CT molecular complexity index is 988. The van der Waals surface area contributed by atoms with E-state index in [2.05, 4.69) is 27.9 Å². The summed E-state index contributed by atoms with van der Waals surface area (Å²) in [6.45, 7) is 2.89. The maximum Gasteiger partial charge on any atom is 0.231 e. The highest BCUT2D eigenvalue weighted by Crippen LogP contribution is 2.40. The molecule has 0 aliphatic carbocycles. The minimum Gasteiger partial charge on any atom is -0.312 e. The molecule has 25 heavy (non-hydrogen) atoms. The maximum absolute atomic E-state index is 12.2. The first-order valence-electron chi connectivity index (χ1n) is 8.49. The van der Waals surface area contributed by atoms with Crippen LogP contribution in [0.3, 0.4) is 0 Å². The number of hydrogen-bond donors (Lipinski definition) is 0. The summed E-state index contributed by atoms with van der Waals surface area (Å²) in [4.78, 5) is 23.5. The van der Waals surface area contributed by atoms with E-state index < -0.39 is 0 Å². The fourth-order valence-electron chi connectivity index (χ4n) is 3.77. The molecule has 4 heterocycles. The molecule has 4 nitrogen and oxygen atoms in total. The van der Waals surface area contributed by atoms with Crippen molar-refractivity contribution in [2.75, 3.05) is 11.4 Å². The van der Waals surface area contributed by atoms with E-state index in [4.69, 9.17) is 4.98 Å². The van der Waals surface area contributed by atoms with Crippen molar-refractivity contribution in [3.05, 3.63) is 49.7 Å². The van der Waals surface area contributed by atoms with Crippen LogP contribution in [-0.4, -0.2) is 22.4 Å². The van der Waals surface area contributed by atoms with Gasteiger partial charge in [0.15, 0.2) is 0 Å². The lowest BCUT2D eigenvalue weighted by atomic mass is 9.96. The molecule has 0 radical (unpaired) electrons. The first-order valence-corrected chi connectivity index (χ1v) is 10.3. The molecule has 0 fully saturated rings. The highest BCUT2D eigenvalue weighted by atomic mass is 32.1. The number of carbonyl (C=O) groups excluding carboxylic acids is 1. The number of benzene rings is 1. The molecule has 0 atom stereocenters. The van der Waals surface area contributed by atoms with Crippen LogP contribution in [0.4, 0.5) is 5.69 Å². The normalized spacial score (nSPS) is 15.7. The molecular weight excluding hydrogens is 350 g/mol. The zero-order valence-corrected chi connectivity index (χ0v) is 15.5. The summed E-state index contributed by atoms with van der Waals surface area (Å²) in [7, 11) is 0. The molecule has 0 unspecified atom stereocenters. The Morgan fingerprint density at radius 1 is 1.12 bits per heavy atom. The van der Waals surface area contributed by atoms with Crippen molar-refractivity contribution in [1.82, 2.24) is 9.97 Å². The predicted molar refractivity (Wildman–Crippen MR) is 102 cm³/mol. The Labute approximate surface area is 154 Å². The Kier molecular flexibility index (Phi) is 3.50. The van der Waals surface area contributed by atoms with Gasteiger partial charge in [-0.15, -0.1) is 22.7 Å². The van der Waals surface area contributed by atoms with Crippen LogP contribution in [-0.2, 0) is 24.1 Å². The summed E-state index contributed by atoms with van der Waals surface area (Å²) < 4.78 is 0. The van der Waals surface area contributed by atoms with E-state index in [1.54, 1.807) is 22.7 Å². The van der Waals surface area contributed by atoms with Crippen LogP contribution in [0.25, 0.3) is 11.3 Å². The molecular formula is C19H17N3OS2. The lowest BCUT2D eigenvalue weighted by Crippen LogP contribution is -2.31. The molecule has 6 heteroatoms. The van der Waals surface area contributed by atoms with Crippen molar-refractivity contribution in [3.63, 3.8) is 0 Å². The van der Waals surface area contributed by atoms with Gasteiger partial charge >= 0.3 is 0 Å². The summed E-state index contributed by atoms with van der Waals surface area (Å²) in [5.41, 5.74) is 6.88. The minimum absolute atomic E-state index is 0.242. The Hall–Kier alpha value is -2.05. The molecule has 126 valence electrons. The van der Waals surface area contributed by atoms with Crippen LogP contribution in [0.2, 0.25) is 0 Å². The number of nitrogens with zero attached hydrogens (tertiary/aromatic N) is 3. The zero-order valence-electron chi connectivity index (χ0n) is 13.9. The van der Waals surface area contributed by atoms with Crippen LogP contribution >= 0.6 is 22.7 Å². The van der Waals surface area contributed by atoms with Crippen molar-refractivity contribution >= 4 is 34.3 Å². The van der Waals surface area contributed by atoms with Gasteiger partial charge in [-0.1, -0.05) is 0 Å². The van der Waals surface area contributed by atoms with Gasteiger partial charge in [0.25, 0.3) is 0 Å². The van der Waals surface area contributed by atoms with E-state index in [1.165, 1.54) is 16.8 Å². The second-order valence-electron chi connectivity index (χ2n) is 6.65. The molecule has 0 saturated heterocycles. The predicted octanol–water partition coefficient (Wildman–Crippen LogP) is 4.00. The van der Waals surface area contributed by atoms with Crippen LogP contribution in [0.1, 0.15) is 33.3 Å². The Morgan fingerprint density at radius 3 is 2.76 bits per heavy atom. The van der Waals surface area contributed by atoms with Gasteiger partial charge in [0.05, 0.1) is 29.2 Å². The number of rotatable bonds is 3. The third-order valence-electron chi connectivity index (χ3n) is 4.82. The Morgan fingerprint density at radius 2 is 1.92 bits per heavy atom. The van der Waals surface area contributed by atoms with E-state index in [9.17, 15) is 4.79 Å².